The van der Waals surface area contributed by atoms with E-state index < -0.39 is 5.38 Å². The Hall–Kier alpha value is -0.240. The van der Waals surface area contributed by atoms with Gasteiger partial charge in [0, 0.05) is 0 Å². The third kappa shape index (κ3) is 14.0. The molecular formula is C16H32ClNO. The van der Waals surface area contributed by atoms with Crippen molar-refractivity contribution in [3.63, 3.8) is 0 Å². The lowest BCUT2D eigenvalue weighted by Gasteiger charge is -2.05. The minimum atomic E-state index is -0.469. The molecule has 2 N–H and O–H groups in total. The Bertz CT molecular complexity index is 209. The second-order valence-corrected chi connectivity index (χ2v) is 6.07. The monoisotopic (exact) mass is 289 g/mol. The molecule has 114 valence electrons. The molecule has 2 nitrogen and oxygen atoms in total. The number of hydrogen-bond donors (Lipinski definition) is 1. The van der Waals surface area contributed by atoms with Crippen LogP contribution in [0.25, 0.3) is 0 Å². The molecule has 0 fully saturated rings. The van der Waals surface area contributed by atoms with E-state index in [2.05, 4.69) is 6.92 Å². The lowest BCUT2D eigenvalue weighted by Crippen LogP contribution is -2.23. The molecule has 0 aromatic carbocycles. The third-order valence-corrected chi connectivity index (χ3v) is 4.05. The molecule has 1 atom stereocenters. The number of nitrogens with two attached hydrogens (primary N) is 1. The Labute approximate surface area is 124 Å². The Balaban J connectivity index is 3.05. The second-order valence-electron chi connectivity index (χ2n) is 5.55. The van der Waals surface area contributed by atoms with Crippen LogP contribution in [0.4, 0.5) is 0 Å². The van der Waals surface area contributed by atoms with Crippen molar-refractivity contribution in [1.82, 2.24) is 0 Å². The van der Waals surface area contributed by atoms with Gasteiger partial charge in [0.05, 0.1) is 0 Å². The zero-order valence-corrected chi connectivity index (χ0v) is 13.4. The number of amides is 1. The normalized spacial score (nSPS) is 12.5. The van der Waals surface area contributed by atoms with E-state index in [1.54, 1.807) is 0 Å². The molecule has 0 aromatic rings. The van der Waals surface area contributed by atoms with Crippen molar-refractivity contribution in [2.75, 3.05) is 0 Å². The molecule has 0 aromatic heterocycles. The second kappa shape index (κ2) is 14.2. The molecular weight excluding hydrogens is 258 g/mol. The van der Waals surface area contributed by atoms with Gasteiger partial charge in [0.25, 0.3) is 0 Å². The third-order valence-electron chi connectivity index (χ3n) is 3.62. The molecule has 0 aliphatic carbocycles. The SMILES string of the molecule is CCCCCCCCCCCCCCC(Cl)C(N)=O. The number of carbonyl (C=O) groups is 1. The average molecular weight is 290 g/mol. The summed E-state index contributed by atoms with van der Waals surface area (Å²) in [4.78, 5) is 10.7. The van der Waals surface area contributed by atoms with E-state index in [0.29, 0.717) is 0 Å². The smallest absolute Gasteiger partial charge is 0.235 e. The van der Waals surface area contributed by atoms with Gasteiger partial charge in [0.2, 0.25) is 5.91 Å². The van der Waals surface area contributed by atoms with Gasteiger partial charge in [-0.2, -0.15) is 0 Å². The highest BCUT2D eigenvalue weighted by molar-refractivity contribution is 6.30. The van der Waals surface area contributed by atoms with Gasteiger partial charge < -0.3 is 5.73 Å². The Morgan fingerprint density at radius 3 is 1.58 bits per heavy atom. The highest BCUT2D eigenvalue weighted by Crippen LogP contribution is 2.14. The number of alkyl halides is 1. The first kappa shape index (κ1) is 18.8. The van der Waals surface area contributed by atoms with Crippen molar-refractivity contribution in [2.45, 2.75) is 95.8 Å². The summed E-state index contributed by atoms with van der Waals surface area (Å²) in [6.07, 6.45) is 16.6. The van der Waals surface area contributed by atoms with Crippen LogP contribution >= 0.6 is 11.6 Å². The van der Waals surface area contributed by atoms with Gasteiger partial charge in [-0.15, -0.1) is 11.6 Å². The van der Waals surface area contributed by atoms with Gasteiger partial charge in [-0.1, -0.05) is 84.0 Å². The molecule has 0 radical (unpaired) electrons. The van der Waals surface area contributed by atoms with Crippen molar-refractivity contribution in [3.8, 4) is 0 Å². The number of unbranched alkanes of at least 4 members (excludes halogenated alkanes) is 11. The van der Waals surface area contributed by atoms with E-state index in [1.807, 2.05) is 0 Å². The van der Waals surface area contributed by atoms with Crippen LogP contribution in [0.1, 0.15) is 90.4 Å². The summed E-state index contributed by atoms with van der Waals surface area (Å²) in [5, 5.41) is -0.469. The fourth-order valence-electron chi connectivity index (χ4n) is 2.31. The van der Waals surface area contributed by atoms with Crippen molar-refractivity contribution in [3.05, 3.63) is 0 Å². The minimum Gasteiger partial charge on any atom is -0.368 e. The highest BCUT2D eigenvalue weighted by atomic mass is 35.5. The molecule has 0 bridgehead atoms. The summed E-state index contributed by atoms with van der Waals surface area (Å²) in [5.74, 6) is -0.385. The topological polar surface area (TPSA) is 43.1 Å². The van der Waals surface area contributed by atoms with Gasteiger partial charge in [-0.05, 0) is 6.42 Å². The van der Waals surface area contributed by atoms with Crippen LogP contribution in [0.3, 0.4) is 0 Å². The Morgan fingerprint density at radius 1 is 0.842 bits per heavy atom. The lowest BCUT2D eigenvalue weighted by atomic mass is 10.0. The summed E-state index contributed by atoms with van der Waals surface area (Å²) in [7, 11) is 0. The van der Waals surface area contributed by atoms with Gasteiger partial charge >= 0.3 is 0 Å². The van der Waals surface area contributed by atoms with Gasteiger partial charge in [0.1, 0.15) is 5.38 Å². The Kier molecular flexibility index (Phi) is 14.0. The lowest BCUT2D eigenvalue weighted by molar-refractivity contribution is -0.117. The van der Waals surface area contributed by atoms with Crippen LogP contribution in [-0.4, -0.2) is 11.3 Å². The maximum atomic E-state index is 10.7. The van der Waals surface area contributed by atoms with Crippen molar-refractivity contribution >= 4 is 17.5 Å². The van der Waals surface area contributed by atoms with E-state index >= 15 is 0 Å². The Morgan fingerprint density at radius 2 is 1.21 bits per heavy atom. The van der Waals surface area contributed by atoms with E-state index in [0.717, 1.165) is 12.8 Å². The van der Waals surface area contributed by atoms with Crippen molar-refractivity contribution in [1.29, 1.82) is 0 Å². The molecule has 0 aliphatic heterocycles. The fourth-order valence-corrected chi connectivity index (χ4v) is 2.46. The van der Waals surface area contributed by atoms with E-state index in [9.17, 15) is 4.79 Å². The summed E-state index contributed by atoms with van der Waals surface area (Å²) in [6.45, 7) is 2.26. The van der Waals surface area contributed by atoms with Crippen LogP contribution in [0.2, 0.25) is 0 Å². The fraction of sp³-hybridized carbons (Fsp3) is 0.938. The summed E-state index contributed by atoms with van der Waals surface area (Å²) < 4.78 is 0. The molecule has 19 heavy (non-hydrogen) atoms. The number of hydrogen-bond acceptors (Lipinski definition) is 1. The summed E-state index contributed by atoms with van der Waals surface area (Å²) in [5.41, 5.74) is 5.10. The van der Waals surface area contributed by atoms with E-state index in [1.165, 1.54) is 70.6 Å². The first-order valence-electron chi connectivity index (χ1n) is 8.12. The zero-order valence-electron chi connectivity index (χ0n) is 12.6. The molecule has 0 heterocycles. The maximum Gasteiger partial charge on any atom is 0.235 e. The van der Waals surface area contributed by atoms with Crippen LogP contribution in [0, 0.1) is 0 Å². The van der Waals surface area contributed by atoms with Crippen molar-refractivity contribution in [2.24, 2.45) is 5.73 Å². The average Bonchev–Trinajstić information content (AvgIpc) is 2.39. The van der Waals surface area contributed by atoms with Crippen LogP contribution in [0.5, 0.6) is 0 Å². The standard InChI is InChI=1S/C16H32ClNO/c1-2-3-4-5-6-7-8-9-10-11-12-13-14-15(17)16(18)19/h15H,2-14H2,1H3,(H2,18,19). The molecule has 1 amide bonds. The first-order valence-corrected chi connectivity index (χ1v) is 8.55. The summed E-state index contributed by atoms with van der Waals surface area (Å²) >= 11 is 5.77. The minimum absolute atomic E-state index is 0.385. The number of rotatable bonds is 14. The number of carbonyl (C=O) groups excluding carboxylic acids is 1. The zero-order chi connectivity index (χ0) is 14.3. The number of halogens is 1. The predicted molar refractivity (Wildman–Crippen MR) is 84.5 cm³/mol. The predicted octanol–water partition coefficient (Wildman–Crippen LogP) is 5.17. The molecule has 0 aliphatic rings. The van der Waals surface area contributed by atoms with Crippen LogP contribution < -0.4 is 5.73 Å². The highest BCUT2D eigenvalue weighted by Gasteiger charge is 2.09. The molecule has 1 unspecified atom stereocenters. The molecule has 0 saturated carbocycles. The quantitative estimate of drug-likeness (QED) is 0.348. The molecule has 0 saturated heterocycles. The maximum absolute atomic E-state index is 10.7. The molecule has 3 heteroatoms. The van der Waals surface area contributed by atoms with Crippen LogP contribution in [-0.2, 0) is 4.79 Å². The van der Waals surface area contributed by atoms with Gasteiger partial charge in [-0.25, -0.2) is 0 Å². The largest absolute Gasteiger partial charge is 0.368 e. The van der Waals surface area contributed by atoms with Crippen molar-refractivity contribution < 1.29 is 4.79 Å². The molecule has 0 rings (SSSR count). The first-order chi connectivity index (χ1) is 9.18. The van der Waals surface area contributed by atoms with Crippen LogP contribution in [0.15, 0.2) is 0 Å². The van der Waals surface area contributed by atoms with Gasteiger partial charge in [0.15, 0.2) is 0 Å². The van der Waals surface area contributed by atoms with E-state index in [4.69, 9.17) is 17.3 Å². The number of primary amides is 1. The van der Waals surface area contributed by atoms with E-state index in [-0.39, 0.29) is 5.91 Å². The summed E-state index contributed by atoms with van der Waals surface area (Å²) in [6, 6.07) is 0. The van der Waals surface area contributed by atoms with Gasteiger partial charge in [-0.3, -0.25) is 4.79 Å². The molecule has 0 spiro atoms.